The molecule has 0 aliphatic carbocycles. The number of nitro groups is 1. The van der Waals surface area contributed by atoms with Gasteiger partial charge in [0.05, 0.1) is 4.92 Å². The molecule has 2 atom stereocenters. The first-order valence-corrected chi connectivity index (χ1v) is 7.94. The lowest BCUT2D eigenvalue weighted by atomic mass is 10.1. The van der Waals surface area contributed by atoms with E-state index in [9.17, 15) is 19.7 Å². The first-order valence-electron chi connectivity index (χ1n) is 7.94. The number of benzene rings is 1. The van der Waals surface area contributed by atoms with Crippen LogP contribution >= 0.6 is 12.4 Å². The molecule has 2 N–H and O–H groups in total. The first kappa shape index (κ1) is 20.9. The van der Waals surface area contributed by atoms with E-state index in [0.29, 0.717) is 6.54 Å². The molecule has 0 spiro atoms. The van der Waals surface area contributed by atoms with E-state index in [1.165, 1.54) is 24.3 Å². The molecule has 1 aromatic rings. The zero-order chi connectivity index (χ0) is 17.7. The van der Waals surface area contributed by atoms with Crippen molar-refractivity contribution >= 4 is 29.9 Å². The summed E-state index contributed by atoms with van der Waals surface area (Å²) < 4.78 is 0. The Morgan fingerprint density at radius 3 is 2.80 bits per heavy atom. The number of likely N-dealkylation sites (N-methyl/N-ethyl adjacent to an activating group) is 1. The molecule has 1 aliphatic rings. The predicted octanol–water partition coefficient (Wildman–Crippen LogP) is 1.35. The average molecular weight is 371 g/mol. The second kappa shape index (κ2) is 9.33. The topological polar surface area (TPSA) is 105 Å². The van der Waals surface area contributed by atoms with Gasteiger partial charge in [0.15, 0.2) is 0 Å². The van der Waals surface area contributed by atoms with Crippen molar-refractivity contribution in [3.05, 3.63) is 39.9 Å². The monoisotopic (exact) mass is 370 g/mol. The lowest BCUT2D eigenvalue weighted by Crippen LogP contribution is -2.50. The highest BCUT2D eigenvalue weighted by molar-refractivity contribution is 5.97. The van der Waals surface area contributed by atoms with Crippen molar-refractivity contribution in [2.24, 2.45) is 0 Å². The molecule has 0 aromatic heterocycles. The molecule has 2 rings (SSSR count). The number of nitro benzene ring substituents is 1. The number of likely N-dealkylation sites (tertiary alicyclic amines) is 1. The van der Waals surface area contributed by atoms with Crippen LogP contribution in [0.5, 0.6) is 0 Å². The summed E-state index contributed by atoms with van der Waals surface area (Å²) in [4.78, 5) is 36.8. The van der Waals surface area contributed by atoms with Gasteiger partial charge < -0.3 is 15.5 Å². The standard InChI is InChI=1S/C16H22N4O4.ClH/c1-11(16(22)19-8-4-7-14(19)10-17-2)18-15(21)12-5-3-6-13(9-12)20(23)24;/h3,5-6,9,11,14,17H,4,7-8,10H2,1-2H3,(H,18,21);1H. The number of nitrogens with one attached hydrogen (secondary N) is 2. The molecule has 9 heteroatoms. The van der Waals surface area contributed by atoms with Gasteiger partial charge in [0.1, 0.15) is 6.04 Å². The van der Waals surface area contributed by atoms with Crippen molar-refractivity contribution < 1.29 is 14.5 Å². The van der Waals surface area contributed by atoms with E-state index in [0.717, 1.165) is 19.4 Å². The fourth-order valence-corrected chi connectivity index (χ4v) is 2.92. The van der Waals surface area contributed by atoms with E-state index >= 15 is 0 Å². The van der Waals surface area contributed by atoms with E-state index in [4.69, 9.17) is 0 Å². The molecule has 1 fully saturated rings. The van der Waals surface area contributed by atoms with Crippen LogP contribution < -0.4 is 10.6 Å². The largest absolute Gasteiger partial charge is 0.341 e. The summed E-state index contributed by atoms with van der Waals surface area (Å²) in [6, 6.07) is 4.90. The number of non-ortho nitro benzene ring substituents is 1. The molecular weight excluding hydrogens is 348 g/mol. The van der Waals surface area contributed by atoms with Crippen molar-refractivity contribution in [3.63, 3.8) is 0 Å². The number of carbonyl (C=O) groups is 2. The minimum absolute atomic E-state index is 0. The Morgan fingerprint density at radius 2 is 2.16 bits per heavy atom. The number of hydrogen-bond acceptors (Lipinski definition) is 5. The molecule has 2 amide bonds. The minimum Gasteiger partial charge on any atom is -0.341 e. The Morgan fingerprint density at radius 1 is 1.44 bits per heavy atom. The Balaban J connectivity index is 0.00000312. The number of rotatable bonds is 6. The molecule has 1 saturated heterocycles. The van der Waals surface area contributed by atoms with Crippen LogP contribution in [-0.4, -0.2) is 53.9 Å². The zero-order valence-electron chi connectivity index (χ0n) is 14.2. The number of hydrogen-bond donors (Lipinski definition) is 2. The predicted molar refractivity (Wildman–Crippen MR) is 95.9 cm³/mol. The van der Waals surface area contributed by atoms with Crippen molar-refractivity contribution in [2.75, 3.05) is 20.1 Å². The smallest absolute Gasteiger partial charge is 0.270 e. The molecular formula is C16H23ClN4O4. The van der Waals surface area contributed by atoms with Crippen molar-refractivity contribution in [1.29, 1.82) is 0 Å². The van der Waals surface area contributed by atoms with E-state index in [1.807, 2.05) is 7.05 Å². The van der Waals surface area contributed by atoms with Crippen LogP contribution in [0.2, 0.25) is 0 Å². The van der Waals surface area contributed by atoms with Crippen LogP contribution in [0, 0.1) is 10.1 Å². The van der Waals surface area contributed by atoms with Gasteiger partial charge in [-0.15, -0.1) is 12.4 Å². The van der Waals surface area contributed by atoms with Crippen molar-refractivity contribution in [3.8, 4) is 0 Å². The summed E-state index contributed by atoms with van der Waals surface area (Å²) in [7, 11) is 1.84. The van der Waals surface area contributed by atoms with Crippen molar-refractivity contribution in [2.45, 2.75) is 31.8 Å². The Bertz CT molecular complexity index is 640. The molecule has 8 nitrogen and oxygen atoms in total. The number of halogens is 1. The maximum Gasteiger partial charge on any atom is 0.270 e. The second-order valence-corrected chi connectivity index (χ2v) is 5.89. The second-order valence-electron chi connectivity index (χ2n) is 5.89. The maximum atomic E-state index is 12.5. The van der Waals surface area contributed by atoms with Gasteiger partial charge in [-0.3, -0.25) is 19.7 Å². The van der Waals surface area contributed by atoms with Crippen LogP contribution in [0.4, 0.5) is 5.69 Å². The lowest BCUT2D eigenvalue weighted by molar-refractivity contribution is -0.384. The van der Waals surface area contributed by atoms with Gasteiger partial charge in [-0.2, -0.15) is 0 Å². The van der Waals surface area contributed by atoms with Crippen molar-refractivity contribution in [1.82, 2.24) is 15.5 Å². The highest BCUT2D eigenvalue weighted by atomic mass is 35.5. The fraction of sp³-hybridized carbons (Fsp3) is 0.500. The van der Waals surface area contributed by atoms with Gasteiger partial charge in [0.25, 0.3) is 11.6 Å². The van der Waals surface area contributed by atoms with Crippen LogP contribution in [0.15, 0.2) is 24.3 Å². The highest BCUT2D eigenvalue weighted by Crippen LogP contribution is 2.18. The third-order valence-electron chi connectivity index (χ3n) is 4.14. The Labute approximate surface area is 152 Å². The third-order valence-corrected chi connectivity index (χ3v) is 4.14. The molecule has 1 aliphatic heterocycles. The average Bonchev–Trinajstić information content (AvgIpc) is 3.02. The van der Waals surface area contributed by atoms with Gasteiger partial charge in [-0.1, -0.05) is 6.07 Å². The fourth-order valence-electron chi connectivity index (χ4n) is 2.92. The van der Waals surface area contributed by atoms with Gasteiger partial charge in [0, 0.05) is 36.8 Å². The van der Waals surface area contributed by atoms with E-state index in [-0.39, 0.29) is 35.6 Å². The number of nitrogens with zero attached hydrogens (tertiary/aromatic N) is 2. The van der Waals surface area contributed by atoms with Gasteiger partial charge in [-0.05, 0) is 32.9 Å². The Kier molecular flexibility index (Phi) is 7.79. The van der Waals surface area contributed by atoms with Crippen LogP contribution in [0.3, 0.4) is 0 Å². The molecule has 2 unspecified atom stereocenters. The molecule has 25 heavy (non-hydrogen) atoms. The van der Waals surface area contributed by atoms with Gasteiger partial charge in [-0.25, -0.2) is 0 Å². The van der Waals surface area contributed by atoms with Gasteiger partial charge in [0.2, 0.25) is 5.91 Å². The summed E-state index contributed by atoms with van der Waals surface area (Å²) in [6.45, 7) is 3.03. The zero-order valence-corrected chi connectivity index (χ0v) is 15.0. The molecule has 0 radical (unpaired) electrons. The van der Waals surface area contributed by atoms with Crippen LogP contribution in [0.1, 0.15) is 30.1 Å². The number of carbonyl (C=O) groups excluding carboxylic acids is 2. The lowest BCUT2D eigenvalue weighted by Gasteiger charge is -2.27. The van der Waals surface area contributed by atoms with E-state index in [1.54, 1.807) is 11.8 Å². The normalized spacial score (nSPS) is 17.5. The quantitative estimate of drug-likeness (QED) is 0.581. The SMILES string of the molecule is CNCC1CCCN1C(=O)C(C)NC(=O)c1cccc([N+](=O)[O-])c1.Cl. The minimum atomic E-state index is -0.686. The van der Waals surface area contributed by atoms with E-state index < -0.39 is 16.9 Å². The van der Waals surface area contributed by atoms with Gasteiger partial charge >= 0.3 is 0 Å². The first-order chi connectivity index (χ1) is 11.4. The summed E-state index contributed by atoms with van der Waals surface area (Å²) >= 11 is 0. The van der Waals surface area contributed by atoms with Crippen LogP contribution in [-0.2, 0) is 4.79 Å². The third kappa shape index (κ3) is 5.14. The molecule has 1 aromatic carbocycles. The number of amides is 2. The maximum absolute atomic E-state index is 12.5. The summed E-state index contributed by atoms with van der Waals surface area (Å²) in [5, 5.41) is 16.5. The molecule has 0 saturated carbocycles. The summed E-state index contributed by atoms with van der Waals surface area (Å²) in [5.74, 6) is -0.629. The summed E-state index contributed by atoms with van der Waals surface area (Å²) in [5.41, 5.74) is 0.00676. The molecule has 1 heterocycles. The Hall–Kier alpha value is -2.19. The highest BCUT2D eigenvalue weighted by Gasteiger charge is 2.31. The van der Waals surface area contributed by atoms with E-state index in [2.05, 4.69) is 10.6 Å². The molecule has 0 bridgehead atoms. The molecule has 138 valence electrons. The summed E-state index contributed by atoms with van der Waals surface area (Å²) in [6.07, 6.45) is 1.89. The van der Waals surface area contributed by atoms with Crippen LogP contribution in [0.25, 0.3) is 0 Å².